The summed E-state index contributed by atoms with van der Waals surface area (Å²) < 4.78 is 1.15. The number of unbranched alkanes of at least 4 members (excludes halogenated alkanes) is 1. The highest BCUT2D eigenvalue weighted by molar-refractivity contribution is 7.17. The molecule has 2 aromatic rings. The molecular formula is C25H31NO3S. The van der Waals surface area contributed by atoms with Crippen LogP contribution in [0.2, 0.25) is 0 Å². The molecule has 1 heterocycles. The number of thiophene rings is 1. The summed E-state index contributed by atoms with van der Waals surface area (Å²) in [5.74, 6) is 1.03. The quantitative estimate of drug-likeness (QED) is 0.410. The monoisotopic (exact) mass is 425 g/mol. The van der Waals surface area contributed by atoms with Crippen molar-refractivity contribution in [2.45, 2.75) is 58.4 Å². The van der Waals surface area contributed by atoms with Crippen molar-refractivity contribution in [2.75, 3.05) is 0 Å². The Hall–Kier alpha value is -2.14. The Labute approximate surface area is 182 Å². The Morgan fingerprint density at radius 3 is 2.80 bits per heavy atom. The standard InChI is InChI=1S/C25H31NO3S/c1-25(2)17-13-16(9-5-3-4-6-12-22(27)28)23(20(25)14-17)26-24(29)19-15-30-21-11-8-7-10-18(19)21/h3,5,7-8,10-11,15-17,20,23H,4,6,9,12-14H2,1-2H3,(H,26,29)(H,27,28)/t16-,17-,20-,23+/m0/s1. The lowest BCUT2D eigenvalue weighted by Gasteiger charge is -2.62. The lowest BCUT2D eigenvalue weighted by Crippen LogP contribution is -2.63. The van der Waals surface area contributed by atoms with Crippen LogP contribution in [0.25, 0.3) is 10.1 Å². The fraction of sp³-hybridized carbons (Fsp3) is 0.520. The average molecular weight is 426 g/mol. The number of hydrogen-bond acceptors (Lipinski definition) is 3. The highest BCUT2D eigenvalue weighted by Crippen LogP contribution is 2.61. The van der Waals surface area contributed by atoms with Crippen LogP contribution < -0.4 is 5.32 Å². The molecule has 1 aromatic carbocycles. The number of carboxylic acid groups (broad SMARTS) is 1. The van der Waals surface area contributed by atoms with Crippen LogP contribution in [-0.2, 0) is 4.79 Å². The highest BCUT2D eigenvalue weighted by Gasteiger charge is 2.57. The summed E-state index contributed by atoms with van der Waals surface area (Å²) in [5, 5.41) is 15.2. The molecule has 160 valence electrons. The normalized spacial score (nSPS) is 27.1. The van der Waals surface area contributed by atoms with Crippen molar-refractivity contribution in [3.63, 3.8) is 0 Å². The largest absolute Gasteiger partial charge is 0.481 e. The Kier molecular flexibility index (Phi) is 6.01. The number of hydrogen-bond donors (Lipinski definition) is 2. The predicted octanol–water partition coefficient (Wildman–Crippen LogP) is 5.88. The molecule has 1 aromatic heterocycles. The Morgan fingerprint density at radius 1 is 1.23 bits per heavy atom. The molecule has 1 amide bonds. The van der Waals surface area contributed by atoms with Gasteiger partial charge in [-0.05, 0) is 61.3 Å². The van der Waals surface area contributed by atoms with E-state index >= 15 is 0 Å². The van der Waals surface area contributed by atoms with E-state index in [0.29, 0.717) is 18.3 Å². The van der Waals surface area contributed by atoms with Crippen LogP contribution in [-0.4, -0.2) is 23.0 Å². The van der Waals surface area contributed by atoms with Gasteiger partial charge in [0.05, 0.1) is 5.56 Å². The van der Waals surface area contributed by atoms with Gasteiger partial charge < -0.3 is 10.4 Å². The molecule has 5 rings (SSSR count). The van der Waals surface area contributed by atoms with Crippen LogP contribution in [0, 0.1) is 23.2 Å². The van der Waals surface area contributed by atoms with Crippen molar-refractivity contribution in [3.8, 4) is 0 Å². The van der Waals surface area contributed by atoms with E-state index in [1.165, 1.54) is 6.42 Å². The van der Waals surface area contributed by atoms with Gasteiger partial charge in [-0.1, -0.05) is 44.2 Å². The molecule has 3 aliphatic carbocycles. The molecule has 5 heteroatoms. The molecule has 4 atom stereocenters. The number of allylic oxidation sites excluding steroid dienone is 2. The zero-order valence-electron chi connectivity index (χ0n) is 17.8. The summed E-state index contributed by atoms with van der Waals surface area (Å²) >= 11 is 1.63. The molecular weight excluding hydrogens is 394 g/mol. The molecule has 2 N–H and O–H groups in total. The van der Waals surface area contributed by atoms with Crippen LogP contribution >= 0.6 is 11.3 Å². The molecule has 0 unspecified atom stereocenters. The van der Waals surface area contributed by atoms with Gasteiger partial charge >= 0.3 is 5.97 Å². The molecule has 3 fully saturated rings. The molecule has 0 aliphatic heterocycles. The van der Waals surface area contributed by atoms with Crippen molar-refractivity contribution >= 4 is 33.3 Å². The van der Waals surface area contributed by atoms with Gasteiger partial charge in [0, 0.05) is 27.9 Å². The second-order valence-electron chi connectivity index (χ2n) is 9.49. The average Bonchev–Trinajstić information content (AvgIpc) is 3.15. The van der Waals surface area contributed by atoms with Crippen LogP contribution in [0.1, 0.15) is 62.7 Å². The zero-order valence-corrected chi connectivity index (χ0v) is 18.6. The van der Waals surface area contributed by atoms with Crippen LogP contribution in [0.3, 0.4) is 0 Å². The fourth-order valence-corrected chi connectivity index (χ4v) is 6.45. The zero-order chi connectivity index (χ0) is 21.3. The Balaban J connectivity index is 1.44. The van der Waals surface area contributed by atoms with Crippen molar-refractivity contribution in [1.29, 1.82) is 0 Å². The molecule has 3 saturated carbocycles. The van der Waals surface area contributed by atoms with Gasteiger partial charge in [-0.3, -0.25) is 9.59 Å². The van der Waals surface area contributed by atoms with Crippen LogP contribution in [0.15, 0.2) is 41.8 Å². The van der Waals surface area contributed by atoms with Crippen molar-refractivity contribution < 1.29 is 14.7 Å². The van der Waals surface area contributed by atoms with Gasteiger partial charge in [0.1, 0.15) is 0 Å². The van der Waals surface area contributed by atoms with E-state index in [1.54, 1.807) is 11.3 Å². The van der Waals surface area contributed by atoms with Gasteiger partial charge in [-0.25, -0.2) is 0 Å². The lowest BCUT2D eigenvalue weighted by molar-refractivity contribution is -0.137. The maximum Gasteiger partial charge on any atom is 0.303 e. The van der Waals surface area contributed by atoms with Gasteiger partial charge in [0.2, 0.25) is 0 Å². The summed E-state index contributed by atoms with van der Waals surface area (Å²) in [4.78, 5) is 23.9. The maximum absolute atomic E-state index is 13.2. The summed E-state index contributed by atoms with van der Waals surface area (Å²) in [6.07, 6.45) is 9.32. The third-order valence-electron chi connectivity index (χ3n) is 7.47. The molecule has 0 radical (unpaired) electrons. The van der Waals surface area contributed by atoms with Gasteiger partial charge in [-0.2, -0.15) is 0 Å². The van der Waals surface area contributed by atoms with Gasteiger partial charge in [0.15, 0.2) is 0 Å². The van der Waals surface area contributed by atoms with Crippen LogP contribution in [0.4, 0.5) is 0 Å². The first kappa shape index (κ1) is 21.1. The topological polar surface area (TPSA) is 66.4 Å². The third kappa shape index (κ3) is 4.04. The number of benzene rings is 1. The minimum Gasteiger partial charge on any atom is -0.481 e. The molecule has 0 saturated heterocycles. The van der Waals surface area contributed by atoms with E-state index in [0.717, 1.165) is 40.8 Å². The number of carboxylic acids is 1. The van der Waals surface area contributed by atoms with Crippen molar-refractivity contribution in [3.05, 3.63) is 47.4 Å². The second kappa shape index (κ2) is 8.54. The number of aliphatic carboxylic acids is 1. The molecule has 3 aliphatic rings. The predicted molar refractivity (Wildman–Crippen MR) is 122 cm³/mol. The van der Waals surface area contributed by atoms with Crippen LogP contribution in [0.5, 0.6) is 0 Å². The summed E-state index contributed by atoms with van der Waals surface area (Å²) in [7, 11) is 0. The number of rotatable bonds is 8. The maximum atomic E-state index is 13.2. The molecule has 0 spiro atoms. The summed E-state index contributed by atoms with van der Waals surface area (Å²) in [6, 6.07) is 8.29. The summed E-state index contributed by atoms with van der Waals surface area (Å²) in [5.41, 5.74) is 1.08. The summed E-state index contributed by atoms with van der Waals surface area (Å²) in [6.45, 7) is 4.70. The Bertz CT molecular complexity index is 960. The van der Waals surface area contributed by atoms with E-state index < -0.39 is 5.97 Å². The fourth-order valence-electron chi connectivity index (χ4n) is 5.51. The van der Waals surface area contributed by atoms with E-state index in [1.807, 2.05) is 23.6 Å². The number of carbonyl (C=O) groups is 2. The first-order valence-corrected chi connectivity index (χ1v) is 11.9. The first-order chi connectivity index (χ1) is 14.4. The highest BCUT2D eigenvalue weighted by atomic mass is 32.1. The second-order valence-corrected chi connectivity index (χ2v) is 10.4. The molecule has 4 nitrogen and oxygen atoms in total. The van der Waals surface area contributed by atoms with E-state index in [2.05, 4.69) is 37.4 Å². The number of amides is 1. The van der Waals surface area contributed by atoms with Gasteiger partial charge in [0.25, 0.3) is 5.91 Å². The molecule has 30 heavy (non-hydrogen) atoms. The van der Waals surface area contributed by atoms with Crippen molar-refractivity contribution in [1.82, 2.24) is 5.32 Å². The van der Waals surface area contributed by atoms with Crippen molar-refractivity contribution in [2.24, 2.45) is 23.2 Å². The third-order valence-corrected chi connectivity index (χ3v) is 8.43. The van der Waals surface area contributed by atoms with E-state index in [-0.39, 0.29) is 23.8 Å². The number of carbonyl (C=O) groups excluding carboxylic acids is 1. The first-order valence-electron chi connectivity index (χ1n) is 11.0. The van der Waals surface area contributed by atoms with E-state index in [4.69, 9.17) is 5.11 Å². The number of nitrogens with one attached hydrogen (secondary N) is 1. The SMILES string of the molecule is CC1(C)[C@H]2C[C@H](CC=CCCCC(=O)O)[C@@H](NC(=O)c3csc4ccccc34)[C@@H]1C2. The number of fused-ring (bicyclic) bond motifs is 3. The lowest BCUT2D eigenvalue weighted by atomic mass is 9.44. The smallest absolute Gasteiger partial charge is 0.303 e. The minimum absolute atomic E-state index is 0.0500. The van der Waals surface area contributed by atoms with E-state index in [9.17, 15) is 9.59 Å². The minimum atomic E-state index is -0.735. The molecule has 2 bridgehead atoms. The Morgan fingerprint density at radius 2 is 2.03 bits per heavy atom. The van der Waals surface area contributed by atoms with Gasteiger partial charge in [-0.15, -0.1) is 11.3 Å².